The predicted octanol–water partition coefficient (Wildman–Crippen LogP) is 5.63. The summed E-state index contributed by atoms with van der Waals surface area (Å²) in [4.78, 5) is 16.5. The Morgan fingerprint density at radius 2 is 1.85 bits per heavy atom. The van der Waals surface area contributed by atoms with Crippen LogP contribution in [0.5, 0.6) is 5.75 Å². The molecule has 1 saturated heterocycles. The number of piperazine rings is 1. The number of aliphatic hydroxyl groups is 1. The fourth-order valence-corrected chi connectivity index (χ4v) is 8.12. The van der Waals surface area contributed by atoms with Crippen LogP contribution in [0, 0.1) is 17.3 Å². The molecule has 0 bridgehead atoms. The summed E-state index contributed by atoms with van der Waals surface area (Å²) in [5.74, 6) is 3.19. The Kier molecular flexibility index (Phi) is 9.33. The van der Waals surface area contributed by atoms with E-state index in [1.807, 2.05) is 25.7 Å². The van der Waals surface area contributed by atoms with E-state index in [2.05, 4.69) is 30.0 Å². The molecular weight excluding hydrogens is 504 g/mol. The number of rotatable bonds is 9. The maximum absolute atomic E-state index is 12.3. The third-order valence-corrected chi connectivity index (χ3v) is 10.1. The van der Waals surface area contributed by atoms with E-state index >= 15 is 0 Å². The summed E-state index contributed by atoms with van der Waals surface area (Å²) < 4.78 is 18.0. The first-order chi connectivity index (χ1) is 19.2. The summed E-state index contributed by atoms with van der Waals surface area (Å²) in [6.07, 6.45) is 9.27. The van der Waals surface area contributed by atoms with Crippen molar-refractivity contribution in [2.45, 2.75) is 96.7 Å². The second-order valence-corrected chi connectivity index (χ2v) is 13.8. The van der Waals surface area contributed by atoms with Crippen LogP contribution in [0.1, 0.15) is 89.7 Å². The van der Waals surface area contributed by atoms with E-state index in [-0.39, 0.29) is 12.7 Å². The lowest BCUT2D eigenvalue weighted by Gasteiger charge is -2.50. The molecule has 0 unspecified atom stereocenters. The Morgan fingerprint density at radius 3 is 2.60 bits per heavy atom. The summed E-state index contributed by atoms with van der Waals surface area (Å²) in [5, 5.41) is 9.16. The van der Waals surface area contributed by atoms with Crippen LogP contribution >= 0.6 is 0 Å². The first kappa shape index (κ1) is 29.7. The summed E-state index contributed by atoms with van der Waals surface area (Å²) >= 11 is 0. The van der Waals surface area contributed by atoms with Crippen molar-refractivity contribution in [2.24, 2.45) is 17.3 Å². The van der Waals surface area contributed by atoms with Crippen LogP contribution in [0.3, 0.4) is 0 Å². The van der Waals surface area contributed by atoms with Gasteiger partial charge in [-0.2, -0.15) is 0 Å². The van der Waals surface area contributed by atoms with Crippen molar-refractivity contribution in [3.8, 4) is 5.75 Å². The number of hydrogen-bond donors (Lipinski definition) is 1. The van der Waals surface area contributed by atoms with Gasteiger partial charge in [-0.15, -0.1) is 0 Å². The summed E-state index contributed by atoms with van der Waals surface area (Å²) in [6.45, 7) is 14.0. The van der Waals surface area contributed by atoms with Crippen molar-refractivity contribution in [1.29, 1.82) is 0 Å². The first-order valence-corrected chi connectivity index (χ1v) is 15.9. The molecule has 3 aliphatic carbocycles. The third-order valence-electron chi connectivity index (χ3n) is 10.1. The molecule has 7 heteroatoms. The molecule has 1 heterocycles. The van der Waals surface area contributed by atoms with E-state index in [0.717, 1.165) is 76.2 Å². The zero-order chi connectivity index (χ0) is 28.3. The van der Waals surface area contributed by atoms with Crippen molar-refractivity contribution in [1.82, 2.24) is 9.80 Å². The number of aryl methyl sites for hydroxylation is 1. The summed E-state index contributed by atoms with van der Waals surface area (Å²) in [6, 6.07) is 6.88. The Labute approximate surface area is 241 Å². The van der Waals surface area contributed by atoms with Crippen LogP contribution in [0.4, 0.5) is 4.79 Å². The topological polar surface area (TPSA) is 71.5 Å². The SMILES string of the molecule is CC(C)(C)OC(=O)N1CCN(CCCOc2ccc3c(c2)CC[C@@H]2[C@@H]3CC[C@]3(C)[C@@H](OCCCO)CC[C@@H]23)CC1. The Hall–Kier alpha value is -1.83. The van der Waals surface area contributed by atoms with Gasteiger partial charge < -0.3 is 24.2 Å². The highest BCUT2D eigenvalue weighted by molar-refractivity contribution is 5.68. The molecule has 3 fully saturated rings. The van der Waals surface area contributed by atoms with Crippen molar-refractivity contribution in [3.05, 3.63) is 29.3 Å². The van der Waals surface area contributed by atoms with Gasteiger partial charge in [0.05, 0.1) is 12.7 Å². The standard InChI is InChI=1S/C33H52N2O5/c1-32(2,3)40-31(37)35-18-16-34(17-19-35)15-5-21-38-25-8-10-26-24(23-25)7-9-28-27(26)13-14-33(4)29(28)11-12-30(33)39-22-6-20-36/h8,10,23,27-30,36H,5-7,9,11-22H2,1-4H3/t27-,28-,29+,30+,33+/m1/s1. The van der Waals surface area contributed by atoms with E-state index in [1.54, 1.807) is 5.56 Å². The first-order valence-electron chi connectivity index (χ1n) is 15.9. The molecule has 0 radical (unpaired) electrons. The number of nitrogens with zero attached hydrogens (tertiary/aromatic N) is 2. The minimum atomic E-state index is -0.447. The molecule has 2 saturated carbocycles. The molecule has 1 N–H and O–H groups in total. The van der Waals surface area contributed by atoms with Crippen LogP contribution in [-0.2, 0) is 15.9 Å². The number of fused-ring (bicyclic) bond motifs is 5. The van der Waals surface area contributed by atoms with Gasteiger partial charge in [0, 0.05) is 45.9 Å². The van der Waals surface area contributed by atoms with E-state index in [4.69, 9.17) is 19.3 Å². The Bertz CT molecular complexity index is 1000. The van der Waals surface area contributed by atoms with E-state index in [1.165, 1.54) is 37.7 Å². The van der Waals surface area contributed by atoms with Gasteiger partial charge in [0.25, 0.3) is 0 Å². The zero-order valence-corrected chi connectivity index (χ0v) is 25.3. The average molecular weight is 557 g/mol. The smallest absolute Gasteiger partial charge is 0.410 e. The van der Waals surface area contributed by atoms with Gasteiger partial charge in [0.2, 0.25) is 0 Å². The third kappa shape index (κ3) is 6.63. The number of carbonyl (C=O) groups is 1. The summed E-state index contributed by atoms with van der Waals surface area (Å²) in [5.41, 5.74) is 2.91. The summed E-state index contributed by atoms with van der Waals surface area (Å²) in [7, 11) is 0. The van der Waals surface area contributed by atoms with Gasteiger partial charge in [0.1, 0.15) is 11.4 Å². The molecule has 1 aliphatic heterocycles. The molecule has 5 rings (SSSR count). The molecule has 224 valence electrons. The molecule has 0 spiro atoms. The highest BCUT2D eigenvalue weighted by Crippen LogP contribution is 2.61. The lowest BCUT2D eigenvalue weighted by Crippen LogP contribution is -2.50. The normalized spacial score (nSPS) is 30.4. The average Bonchev–Trinajstić information content (AvgIpc) is 3.26. The van der Waals surface area contributed by atoms with Gasteiger partial charge in [-0.1, -0.05) is 13.0 Å². The molecule has 7 nitrogen and oxygen atoms in total. The second-order valence-electron chi connectivity index (χ2n) is 13.8. The molecule has 40 heavy (non-hydrogen) atoms. The van der Waals surface area contributed by atoms with Gasteiger partial charge >= 0.3 is 6.09 Å². The lowest BCUT2D eigenvalue weighted by molar-refractivity contribution is -0.0661. The van der Waals surface area contributed by atoms with Gasteiger partial charge in [-0.25, -0.2) is 4.79 Å². The highest BCUT2D eigenvalue weighted by Gasteiger charge is 2.55. The molecule has 5 atom stereocenters. The number of benzene rings is 1. The largest absolute Gasteiger partial charge is 0.494 e. The van der Waals surface area contributed by atoms with Crippen LogP contribution < -0.4 is 4.74 Å². The van der Waals surface area contributed by atoms with E-state index in [9.17, 15) is 4.79 Å². The van der Waals surface area contributed by atoms with Crippen molar-refractivity contribution in [3.63, 3.8) is 0 Å². The second kappa shape index (κ2) is 12.6. The Balaban J connectivity index is 1.07. The Morgan fingerprint density at radius 1 is 1.05 bits per heavy atom. The number of aliphatic hydroxyl groups excluding tert-OH is 1. The molecular formula is C33H52N2O5. The van der Waals surface area contributed by atoms with Crippen LogP contribution in [0.2, 0.25) is 0 Å². The van der Waals surface area contributed by atoms with E-state index in [0.29, 0.717) is 24.0 Å². The van der Waals surface area contributed by atoms with Crippen molar-refractivity contribution in [2.75, 3.05) is 52.5 Å². The fraction of sp³-hybridized carbons (Fsp3) is 0.788. The van der Waals surface area contributed by atoms with Crippen LogP contribution in [0.25, 0.3) is 0 Å². The monoisotopic (exact) mass is 556 g/mol. The van der Waals surface area contributed by atoms with Crippen molar-refractivity contribution >= 4 is 6.09 Å². The van der Waals surface area contributed by atoms with Gasteiger partial charge in [0.15, 0.2) is 0 Å². The predicted molar refractivity (Wildman–Crippen MR) is 157 cm³/mol. The number of carbonyl (C=O) groups excluding carboxylic acids is 1. The quantitative estimate of drug-likeness (QED) is 0.398. The van der Waals surface area contributed by atoms with Gasteiger partial charge in [-0.3, -0.25) is 4.90 Å². The van der Waals surface area contributed by atoms with E-state index < -0.39 is 5.60 Å². The minimum absolute atomic E-state index is 0.202. The lowest BCUT2D eigenvalue weighted by atomic mass is 9.55. The van der Waals surface area contributed by atoms with Crippen LogP contribution in [0.15, 0.2) is 18.2 Å². The maximum Gasteiger partial charge on any atom is 0.410 e. The molecule has 0 aromatic heterocycles. The van der Waals surface area contributed by atoms with Crippen molar-refractivity contribution < 1.29 is 24.1 Å². The zero-order valence-electron chi connectivity index (χ0n) is 25.3. The highest BCUT2D eigenvalue weighted by atomic mass is 16.6. The molecule has 1 aromatic carbocycles. The van der Waals surface area contributed by atoms with Gasteiger partial charge in [-0.05, 0) is 119 Å². The fourth-order valence-electron chi connectivity index (χ4n) is 8.12. The maximum atomic E-state index is 12.3. The molecule has 1 amide bonds. The number of ether oxygens (including phenoxy) is 3. The number of amides is 1. The molecule has 1 aromatic rings. The molecule has 4 aliphatic rings. The van der Waals surface area contributed by atoms with Crippen LogP contribution in [-0.4, -0.2) is 85.2 Å². The number of hydrogen-bond acceptors (Lipinski definition) is 6. The minimum Gasteiger partial charge on any atom is -0.494 e.